The molecule has 198 valence electrons. The predicted molar refractivity (Wildman–Crippen MR) is 150 cm³/mol. The Bertz CT molecular complexity index is 711. The van der Waals surface area contributed by atoms with Gasteiger partial charge in [-0.05, 0) is 107 Å². The molecule has 8 N–H and O–H groups in total. The van der Waals surface area contributed by atoms with Crippen LogP contribution < -0.4 is 37.5 Å². The zero-order valence-corrected chi connectivity index (χ0v) is 22.0. The summed E-state index contributed by atoms with van der Waals surface area (Å²) in [6.45, 7) is 9.74. The van der Waals surface area contributed by atoms with E-state index in [0.717, 1.165) is 96.9 Å². The van der Waals surface area contributed by atoms with Crippen molar-refractivity contribution in [2.45, 2.75) is 45.4 Å². The fraction of sp³-hybridized carbons (Fsp3) is 0.556. The third-order valence-electron chi connectivity index (χ3n) is 5.46. The molecule has 0 aliphatic heterocycles. The Morgan fingerprint density at radius 1 is 0.571 bits per heavy atom. The molecule has 0 atom stereocenters. The van der Waals surface area contributed by atoms with Crippen LogP contribution in [0.25, 0.3) is 0 Å². The van der Waals surface area contributed by atoms with Gasteiger partial charge in [0.05, 0.1) is 0 Å². The first-order valence-corrected chi connectivity index (χ1v) is 12.8. The van der Waals surface area contributed by atoms with Gasteiger partial charge >= 0.3 is 0 Å². The molecule has 2 aromatic carbocycles. The summed E-state index contributed by atoms with van der Waals surface area (Å²) in [5, 5.41) is 14.0. The molecule has 0 saturated carbocycles. The van der Waals surface area contributed by atoms with E-state index in [9.17, 15) is 0 Å². The van der Waals surface area contributed by atoms with Crippen molar-refractivity contribution in [3.63, 3.8) is 0 Å². The Morgan fingerprint density at radius 2 is 1.06 bits per heavy atom. The molecule has 7 nitrogen and oxygen atoms in total. The van der Waals surface area contributed by atoms with E-state index in [1.165, 1.54) is 16.7 Å². The lowest BCUT2D eigenvalue weighted by Crippen LogP contribution is -2.24. The molecule has 0 aliphatic rings. The van der Waals surface area contributed by atoms with Crippen LogP contribution in [0.3, 0.4) is 0 Å². The first kappa shape index (κ1) is 31.3. The second-order valence-electron chi connectivity index (χ2n) is 8.60. The quantitative estimate of drug-likeness (QED) is 0.144. The van der Waals surface area contributed by atoms with Crippen molar-refractivity contribution in [3.8, 4) is 5.75 Å². The van der Waals surface area contributed by atoms with Crippen molar-refractivity contribution < 1.29 is 4.74 Å². The summed E-state index contributed by atoms with van der Waals surface area (Å²) in [4.78, 5) is 0. The second-order valence-corrected chi connectivity index (χ2v) is 8.60. The van der Waals surface area contributed by atoms with Crippen molar-refractivity contribution >= 4 is 12.4 Å². The Morgan fingerprint density at radius 3 is 1.57 bits per heavy atom. The Balaban J connectivity index is 0.00000612. The SMILES string of the molecule is Cl.NCCCNCCCNCc1cc(CNCCCNCCCN)cc(OCc2ccccc2)c1. The molecule has 8 heteroatoms. The fourth-order valence-electron chi connectivity index (χ4n) is 3.60. The maximum atomic E-state index is 6.14. The highest BCUT2D eigenvalue weighted by molar-refractivity contribution is 5.85. The molecule has 0 aromatic heterocycles. The lowest BCUT2D eigenvalue weighted by molar-refractivity contribution is 0.305. The number of hydrogen-bond acceptors (Lipinski definition) is 7. The van der Waals surface area contributed by atoms with Crippen molar-refractivity contribution in [1.29, 1.82) is 0 Å². The van der Waals surface area contributed by atoms with Gasteiger partial charge in [0.25, 0.3) is 0 Å². The van der Waals surface area contributed by atoms with Crippen LogP contribution >= 0.6 is 12.4 Å². The Labute approximate surface area is 218 Å². The maximum Gasteiger partial charge on any atom is 0.120 e. The number of benzene rings is 2. The molecule has 0 heterocycles. The van der Waals surface area contributed by atoms with E-state index < -0.39 is 0 Å². The van der Waals surface area contributed by atoms with Gasteiger partial charge < -0.3 is 37.5 Å². The van der Waals surface area contributed by atoms with Crippen LogP contribution in [-0.2, 0) is 19.7 Å². The van der Waals surface area contributed by atoms with Gasteiger partial charge in [0.1, 0.15) is 12.4 Å². The minimum Gasteiger partial charge on any atom is -0.489 e. The molecule has 35 heavy (non-hydrogen) atoms. The minimum atomic E-state index is 0. The standard InChI is InChI=1S/C27H46N6O.ClH/c28-10-4-12-30-14-6-16-32-21-25-18-26(22-33-17-7-15-31-13-5-11-29)20-27(19-25)34-23-24-8-2-1-3-9-24;/h1-3,8-9,18-20,30-33H,4-7,10-17,21-23,28-29H2;1H. The Kier molecular flexibility index (Phi) is 19.3. The van der Waals surface area contributed by atoms with Crippen molar-refractivity contribution in [2.24, 2.45) is 11.5 Å². The van der Waals surface area contributed by atoms with Gasteiger partial charge in [-0.3, -0.25) is 0 Å². The largest absolute Gasteiger partial charge is 0.489 e. The topological polar surface area (TPSA) is 109 Å². The fourth-order valence-corrected chi connectivity index (χ4v) is 3.60. The molecule has 2 rings (SSSR count). The summed E-state index contributed by atoms with van der Waals surface area (Å²) >= 11 is 0. The number of hydrogen-bond donors (Lipinski definition) is 6. The summed E-state index contributed by atoms with van der Waals surface area (Å²) in [6, 6.07) is 16.9. The number of nitrogens with two attached hydrogens (primary N) is 2. The summed E-state index contributed by atoms with van der Waals surface area (Å²) < 4.78 is 6.14. The van der Waals surface area contributed by atoms with E-state index in [-0.39, 0.29) is 12.4 Å². The molecule has 0 aliphatic carbocycles. The van der Waals surface area contributed by atoms with Crippen molar-refractivity contribution in [3.05, 3.63) is 65.2 Å². The molecule has 0 fully saturated rings. The van der Waals surface area contributed by atoms with Crippen LogP contribution in [0.15, 0.2) is 48.5 Å². The highest BCUT2D eigenvalue weighted by Gasteiger charge is 2.04. The molecule has 0 spiro atoms. The number of rotatable bonds is 21. The van der Waals surface area contributed by atoms with Crippen LogP contribution in [0.1, 0.15) is 42.4 Å². The second kappa shape index (κ2) is 21.6. The maximum absolute atomic E-state index is 6.14. The van der Waals surface area contributed by atoms with Crippen molar-refractivity contribution in [1.82, 2.24) is 21.3 Å². The van der Waals surface area contributed by atoms with Crippen LogP contribution in [0.5, 0.6) is 5.75 Å². The molecule has 0 saturated heterocycles. The lowest BCUT2D eigenvalue weighted by Gasteiger charge is -2.13. The van der Waals surface area contributed by atoms with Gasteiger partial charge in [-0.25, -0.2) is 0 Å². The van der Waals surface area contributed by atoms with Gasteiger partial charge in [0, 0.05) is 13.1 Å². The summed E-state index contributed by atoms with van der Waals surface area (Å²) in [6.07, 6.45) is 4.26. The zero-order chi connectivity index (χ0) is 24.1. The van der Waals surface area contributed by atoms with Gasteiger partial charge in [0.15, 0.2) is 0 Å². The summed E-state index contributed by atoms with van der Waals surface area (Å²) in [5.74, 6) is 0.923. The highest BCUT2D eigenvalue weighted by Crippen LogP contribution is 2.19. The molecule has 0 amide bonds. The van der Waals surface area contributed by atoms with E-state index in [4.69, 9.17) is 16.2 Å². The summed E-state index contributed by atoms with van der Waals surface area (Å²) in [5.41, 5.74) is 14.7. The summed E-state index contributed by atoms with van der Waals surface area (Å²) in [7, 11) is 0. The number of nitrogens with one attached hydrogen (secondary N) is 4. The van der Waals surface area contributed by atoms with Gasteiger partial charge in [-0.2, -0.15) is 0 Å². The smallest absolute Gasteiger partial charge is 0.120 e. The highest BCUT2D eigenvalue weighted by atomic mass is 35.5. The normalized spacial score (nSPS) is 10.8. The first-order chi connectivity index (χ1) is 16.8. The van der Waals surface area contributed by atoms with Crippen LogP contribution in [0.2, 0.25) is 0 Å². The van der Waals surface area contributed by atoms with Gasteiger partial charge in [-0.1, -0.05) is 36.4 Å². The minimum absolute atomic E-state index is 0. The lowest BCUT2D eigenvalue weighted by atomic mass is 10.1. The van der Waals surface area contributed by atoms with Gasteiger partial charge in [0.2, 0.25) is 0 Å². The molecule has 0 radical (unpaired) electrons. The van der Waals surface area contributed by atoms with Crippen LogP contribution in [-0.4, -0.2) is 52.4 Å². The van der Waals surface area contributed by atoms with E-state index in [1.807, 2.05) is 18.2 Å². The molecular weight excluding hydrogens is 460 g/mol. The first-order valence-electron chi connectivity index (χ1n) is 12.8. The molecular formula is C27H47ClN6O. The number of halogens is 1. The van der Waals surface area contributed by atoms with E-state index in [2.05, 4.69) is 51.6 Å². The van der Waals surface area contributed by atoms with Crippen LogP contribution in [0.4, 0.5) is 0 Å². The number of ether oxygens (including phenoxy) is 1. The zero-order valence-electron chi connectivity index (χ0n) is 21.2. The van der Waals surface area contributed by atoms with Crippen molar-refractivity contribution in [2.75, 3.05) is 52.4 Å². The Hall–Kier alpha value is -1.71. The average molecular weight is 507 g/mol. The molecule has 0 unspecified atom stereocenters. The van der Waals surface area contributed by atoms with Gasteiger partial charge in [-0.15, -0.1) is 12.4 Å². The van der Waals surface area contributed by atoms with Crippen LogP contribution in [0, 0.1) is 0 Å². The molecule has 2 aromatic rings. The third-order valence-corrected chi connectivity index (χ3v) is 5.46. The van der Waals surface area contributed by atoms with E-state index in [1.54, 1.807) is 0 Å². The van der Waals surface area contributed by atoms with E-state index in [0.29, 0.717) is 6.61 Å². The molecule has 0 bridgehead atoms. The predicted octanol–water partition coefficient (Wildman–Crippen LogP) is 2.52. The average Bonchev–Trinajstić information content (AvgIpc) is 2.86. The monoisotopic (exact) mass is 506 g/mol. The van der Waals surface area contributed by atoms with E-state index >= 15 is 0 Å². The third kappa shape index (κ3) is 15.8.